The van der Waals surface area contributed by atoms with Crippen LogP contribution >= 0.6 is 0 Å². The number of ether oxygens (including phenoxy) is 1. The molecule has 248 valence electrons. The molecule has 5 N–H and O–H groups in total. The molecule has 1 saturated heterocycles. The molecule has 0 unspecified atom stereocenters. The second kappa shape index (κ2) is 18.6. The molecule has 12 nitrogen and oxygen atoms in total. The van der Waals surface area contributed by atoms with Gasteiger partial charge >= 0.3 is 0 Å². The van der Waals surface area contributed by atoms with E-state index < -0.39 is 0 Å². The van der Waals surface area contributed by atoms with Gasteiger partial charge in [-0.3, -0.25) is 9.59 Å². The minimum Gasteiger partial charge on any atom is -0.496 e. The third-order valence-corrected chi connectivity index (χ3v) is 7.47. The standard InChI is InChI=1S/C27H27N5O2.C5H10N2O.C3H7NO/c1-3-19-10-9-11-20(14-19)31-27-22-15-21(25(34-2)16-23(22)29-18-30-27)24-17-28-26(32-24)12-7-5-4-6-8-13-33;1-7-2-4(3-7)5(6)8;1-3(5)4-2/h1,9-11,13-18H,4-8,12H2,2H3,(H,28,32)(H,29,30,31);4H,2-3H2,1H3,(H2,6,8);1-2H3,(H,4,5). The Bertz CT molecular complexity index is 1670. The molecule has 1 fully saturated rings. The van der Waals surface area contributed by atoms with E-state index in [1.54, 1.807) is 14.2 Å². The van der Waals surface area contributed by atoms with Crippen molar-refractivity contribution in [3.05, 3.63) is 60.3 Å². The Morgan fingerprint density at radius 1 is 1.15 bits per heavy atom. The van der Waals surface area contributed by atoms with Gasteiger partial charge in [0, 0.05) is 68.2 Å². The number of amides is 2. The molecule has 2 aromatic heterocycles. The van der Waals surface area contributed by atoms with Gasteiger partial charge in [0.05, 0.1) is 30.4 Å². The summed E-state index contributed by atoms with van der Waals surface area (Å²) < 4.78 is 5.66. The van der Waals surface area contributed by atoms with Gasteiger partial charge in [-0.05, 0) is 44.2 Å². The number of rotatable bonds is 12. The molecule has 0 radical (unpaired) electrons. The number of aldehydes is 1. The van der Waals surface area contributed by atoms with E-state index in [1.165, 1.54) is 13.3 Å². The monoisotopic (exact) mass is 640 g/mol. The topological polar surface area (TPSA) is 168 Å². The van der Waals surface area contributed by atoms with Gasteiger partial charge in [-0.25, -0.2) is 15.0 Å². The first-order chi connectivity index (χ1) is 22.7. The number of hydrogen-bond acceptors (Lipinski definition) is 9. The fourth-order valence-corrected chi connectivity index (χ4v) is 4.77. The van der Waals surface area contributed by atoms with Crippen LogP contribution in [0.15, 0.2) is 48.9 Å². The van der Waals surface area contributed by atoms with Crippen molar-refractivity contribution < 1.29 is 19.1 Å². The Morgan fingerprint density at radius 3 is 2.51 bits per heavy atom. The number of H-pyrrole nitrogens is 1. The summed E-state index contributed by atoms with van der Waals surface area (Å²) in [7, 11) is 5.22. The average molecular weight is 641 g/mol. The van der Waals surface area contributed by atoms with E-state index in [1.807, 2.05) is 49.6 Å². The zero-order valence-electron chi connectivity index (χ0n) is 27.5. The summed E-state index contributed by atoms with van der Waals surface area (Å²) in [6.45, 7) is 3.16. The summed E-state index contributed by atoms with van der Waals surface area (Å²) in [5.41, 5.74) is 9.16. The van der Waals surface area contributed by atoms with Crippen LogP contribution in [-0.4, -0.2) is 77.2 Å². The first-order valence-corrected chi connectivity index (χ1v) is 15.5. The zero-order valence-corrected chi connectivity index (χ0v) is 27.5. The summed E-state index contributed by atoms with van der Waals surface area (Å²) in [5.74, 6) is 4.93. The number of primary amides is 1. The molecule has 0 atom stereocenters. The molecule has 1 aliphatic heterocycles. The highest BCUT2D eigenvalue weighted by Crippen LogP contribution is 2.35. The molecule has 2 aromatic carbocycles. The summed E-state index contributed by atoms with van der Waals surface area (Å²) in [6, 6.07) is 11.6. The SMILES string of the molecule is C#Cc1cccc(Nc2ncnc3cc(OC)c(-c4cnc(CCCCCCC=O)[nH]4)cc23)c1.CN1CC(C(N)=O)C1.CNC(C)=O. The Balaban J connectivity index is 0.000000385. The van der Waals surface area contributed by atoms with Gasteiger partial charge in [0.2, 0.25) is 11.8 Å². The Morgan fingerprint density at radius 2 is 1.89 bits per heavy atom. The number of aromatic amines is 1. The van der Waals surface area contributed by atoms with E-state index in [0.29, 0.717) is 18.0 Å². The molecule has 4 aromatic rings. The van der Waals surface area contributed by atoms with E-state index in [-0.39, 0.29) is 17.7 Å². The van der Waals surface area contributed by atoms with Crippen LogP contribution in [0.25, 0.3) is 22.2 Å². The van der Waals surface area contributed by atoms with Crippen LogP contribution in [0.1, 0.15) is 50.4 Å². The van der Waals surface area contributed by atoms with Crippen molar-refractivity contribution in [3.8, 4) is 29.4 Å². The third kappa shape index (κ3) is 11.2. The summed E-state index contributed by atoms with van der Waals surface area (Å²) >= 11 is 0. The average Bonchev–Trinajstić information content (AvgIpc) is 3.53. The number of fused-ring (bicyclic) bond motifs is 1. The molecule has 0 bridgehead atoms. The van der Waals surface area contributed by atoms with Crippen molar-refractivity contribution in [3.63, 3.8) is 0 Å². The van der Waals surface area contributed by atoms with Gasteiger partial charge < -0.3 is 35.8 Å². The highest BCUT2D eigenvalue weighted by molar-refractivity contribution is 5.95. The van der Waals surface area contributed by atoms with Crippen molar-refractivity contribution in [1.82, 2.24) is 30.2 Å². The molecule has 1 aliphatic rings. The van der Waals surface area contributed by atoms with Crippen molar-refractivity contribution in [1.29, 1.82) is 0 Å². The molecule has 47 heavy (non-hydrogen) atoms. The van der Waals surface area contributed by atoms with E-state index >= 15 is 0 Å². The first-order valence-electron chi connectivity index (χ1n) is 15.5. The largest absolute Gasteiger partial charge is 0.496 e. The lowest BCUT2D eigenvalue weighted by molar-refractivity contribution is -0.126. The predicted molar refractivity (Wildman–Crippen MR) is 184 cm³/mol. The molecule has 0 aliphatic carbocycles. The first kappa shape index (κ1) is 36.2. The lowest BCUT2D eigenvalue weighted by Gasteiger charge is -2.33. The molecule has 12 heteroatoms. The zero-order chi connectivity index (χ0) is 34.2. The maximum atomic E-state index is 10.4. The number of nitrogens with zero attached hydrogens (tertiary/aromatic N) is 4. The number of imidazole rings is 1. The fraction of sp³-hybridized carbons (Fsp3) is 0.371. The second-order valence-electron chi connectivity index (χ2n) is 11.1. The minimum atomic E-state index is -0.164. The maximum absolute atomic E-state index is 10.4. The van der Waals surface area contributed by atoms with Gasteiger partial charge in [0.25, 0.3) is 0 Å². The molecule has 0 saturated carbocycles. The van der Waals surface area contributed by atoms with Gasteiger partial charge in [-0.15, -0.1) is 6.42 Å². The summed E-state index contributed by atoms with van der Waals surface area (Å²) in [4.78, 5) is 49.4. The molecule has 3 heterocycles. The number of nitrogens with two attached hydrogens (primary N) is 1. The number of hydrogen-bond donors (Lipinski definition) is 4. The fourth-order valence-electron chi connectivity index (χ4n) is 4.77. The summed E-state index contributed by atoms with van der Waals surface area (Å²) in [5, 5.41) is 6.60. The van der Waals surface area contributed by atoms with Crippen molar-refractivity contribution in [2.24, 2.45) is 11.7 Å². The lowest BCUT2D eigenvalue weighted by Crippen LogP contribution is -2.50. The van der Waals surface area contributed by atoms with Crippen LogP contribution in [0, 0.1) is 18.3 Å². The Labute approximate surface area is 275 Å². The Kier molecular flexibility index (Phi) is 14.3. The molecular formula is C35H44N8O4. The van der Waals surface area contributed by atoms with E-state index in [9.17, 15) is 14.4 Å². The molecule has 0 spiro atoms. The normalized spacial score (nSPS) is 12.3. The molecule has 2 amide bonds. The van der Waals surface area contributed by atoms with Crippen LogP contribution in [0.2, 0.25) is 0 Å². The van der Waals surface area contributed by atoms with Crippen molar-refractivity contribution in [2.75, 3.05) is 39.6 Å². The van der Waals surface area contributed by atoms with Crippen LogP contribution in [0.4, 0.5) is 11.5 Å². The Hall–Kier alpha value is -5.28. The molecule has 5 rings (SSSR count). The van der Waals surface area contributed by atoms with E-state index in [4.69, 9.17) is 16.9 Å². The van der Waals surface area contributed by atoms with Crippen LogP contribution < -0.4 is 21.1 Å². The van der Waals surface area contributed by atoms with Crippen molar-refractivity contribution >= 4 is 40.5 Å². The number of nitrogens with one attached hydrogen (secondary N) is 3. The van der Waals surface area contributed by atoms with Gasteiger partial charge in [0.15, 0.2) is 0 Å². The third-order valence-electron chi connectivity index (χ3n) is 7.47. The lowest BCUT2D eigenvalue weighted by atomic mass is 10.0. The number of terminal acetylenes is 1. The van der Waals surface area contributed by atoms with Crippen LogP contribution in [-0.2, 0) is 20.8 Å². The van der Waals surface area contributed by atoms with Gasteiger partial charge in [0.1, 0.15) is 30.0 Å². The van der Waals surface area contributed by atoms with Crippen molar-refractivity contribution in [2.45, 2.75) is 45.4 Å². The highest BCUT2D eigenvalue weighted by atomic mass is 16.5. The maximum Gasteiger partial charge on any atom is 0.223 e. The van der Waals surface area contributed by atoms with Crippen LogP contribution in [0.3, 0.4) is 0 Å². The minimum absolute atomic E-state index is 0.00463. The number of unbranched alkanes of at least 4 members (excludes halogenated alkanes) is 4. The van der Waals surface area contributed by atoms with E-state index in [0.717, 1.165) is 90.7 Å². The molecular weight excluding hydrogens is 596 g/mol. The highest BCUT2D eigenvalue weighted by Gasteiger charge is 2.27. The van der Waals surface area contributed by atoms with E-state index in [2.05, 4.69) is 41.4 Å². The smallest absolute Gasteiger partial charge is 0.223 e. The quantitative estimate of drug-likeness (QED) is 0.101. The van der Waals surface area contributed by atoms with Crippen LogP contribution in [0.5, 0.6) is 5.75 Å². The number of likely N-dealkylation sites (tertiary alicyclic amines) is 1. The van der Waals surface area contributed by atoms with Gasteiger partial charge in [-0.1, -0.05) is 24.8 Å². The number of carbonyl (C=O) groups excluding carboxylic acids is 3. The second-order valence-corrected chi connectivity index (χ2v) is 11.1. The number of benzene rings is 2. The predicted octanol–water partition coefficient (Wildman–Crippen LogP) is 4.23. The number of carbonyl (C=O) groups is 3. The number of aromatic nitrogens is 4. The number of anilines is 2. The van der Waals surface area contributed by atoms with Gasteiger partial charge in [-0.2, -0.15) is 0 Å². The number of methoxy groups -OCH3 is 1. The number of aryl methyl sites for hydroxylation is 1. The summed E-state index contributed by atoms with van der Waals surface area (Å²) in [6.07, 6.45) is 15.5.